The standard InChI is InChI=1S/C15H18ClN3O/c1-10(7-17)5-15(20)13-4-3-12(16)6-14(13)11(8-18)9-19-2/h3-4,6,8-10,15,20H,5,18H2,1-2H3/b11-8+,19-9?. The lowest BCUT2D eigenvalue weighted by Crippen LogP contribution is -2.07. The first kappa shape index (κ1) is 16.2. The van der Waals surface area contributed by atoms with Gasteiger partial charge in [0.15, 0.2) is 0 Å². The molecule has 0 radical (unpaired) electrons. The number of halogens is 1. The molecule has 2 unspecified atom stereocenters. The molecule has 0 aliphatic carbocycles. The van der Waals surface area contributed by atoms with Crippen LogP contribution in [0.15, 0.2) is 29.4 Å². The summed E-state index contributed by atoms with van der Waals surface area (Å²) in [6.45, 7) is 1.77. The van der Waals surface area contributed by atoms with Crippen molar-refractivity contribution in [3.8, 4) is 6.07 Å². The number of rotatable bonds is 5. The third kappa shape index (κ3) is 4.09. The van der Waals surface area contributed by atoms with Gasteiger partial charge in [0, 0.05) is 36.0 Å². The average Bonchev–Trinajstić information content (AvgIpc) is 2.44. The monoisotopic (exact) mass is 291 g/mol. The Morgan fingerprint density at radius 3 is 2.85 bits per heavy atom. The van der Waals surface area contributed by atoms with Crippen LogP contribution < -0.4 is 5.73 Å². The number of nitrogens with two attached hydrogens (primary N) is 1. The summed E-state index contributed by atoms with van der Waals surface area (Å²) < 4.78 is 0. The van der Waals surface area contributed by atoms with Crippen LogP contribution in [-0.2, 0) is 0 Å². The minimum absolute atomic E-state index is 0.237. The van der Waals surface area contributed by atoms with Gasteiger partial charge in [-0.05, 0) is 36.6 Å². The summed E-state index contributed by atoms with van der Waals surface area (Å²) in [6.07, 6.45) is 2.63. The fraction of sp³-hybridized carbons (Fsp3) is 0.333. The van der Waals surface area contributed by atoms with Crippen molar-refractivity contribution >= 4 is 23.4 Å². The highest BCUT2D eigenvalue weighted by molar-refractivity contribution is 6.31. The number of aliphatic imine (C=N–C) groups is 1. The summed E-state index contributed by atoms with van der Waals surface area (Å²) in [5.74, 6) is -0.237. The van der Waals surface area contributed by atoms with E-state index in [1.165, 1.54) is 6.20 Å². The summed E-state index contributed by atoms with van der Waals surface area (Å²) in [4.78, 5) is 3.94. The van der Waals surface area contributed by atoms with Gasteiger partial charge >= 0.3 is 0 Å². The first-order valence-electron chi connectivity index (χ1n) is 6.25. The van der Waals surface area contributed by atoms with Gasteiger partial charge in [-0.1, -0.05) is 17.7 Å². The Morgan fingerprint density at radius 1 is 1.60 bits per heavy atom. The Morgan fingerprint density at radius 2 is 2.30 bits per heavy atom. The molecular weight excluding hydrogens is 274 g/mol. The molecule has 0 amide bonds. The second kappa shape index (κ2) is 7.68. The zero-order valence-electron chi connectivity index (χ0n) is 11.5. The molecular formula is C15H18ClN3O. The molecule has 0 bridgehead atoms. The largest absolute Gasteiger partial charge is 0.404 e. The quantitative estimate of drug-likeness (QED) is 0.818. The van der Waals surface area contributed by atoms with Gasteiger partial charge in [0.1, 0.15) is 0 Å². The van der Waals surface area contributed by atoms with Crippen LogP contribution in [-0.4, -0.2) is 18.4 Å². The third-order valence-corrected chi connectivity index (χ3v) is 3.17. The third-order valence-electron chi connectivity index (χ3n) is 2.93. The lowest BCUT2D eigenvalue weighted by molar-refractivity contribution is 0.156. The summed E-state index contributed by atoms with van der Waals surface area (Å²) in [7, 11) is 1.64. The van der Waals surface area contributed by atoms with Crippen LogP contribution in [0.1, 0.15) is 30.6 Å². The van der Waals surface area contributed by atoms with E-state index in [0.717, 1.165) is 5.56 Å². The Labute approximate surface area is 124 Å². The molecule has 2 atom stereocenters. The number of allylic oxidation sites excluding steroid dienone is 1. The van der Waals surface area contributed by atoms with Crippen LogP contribution in [0.2, 0.25) is 5.02 Å². The molecule has 3 N–H and O–H groups in total. The van der Waals surface area contributed by atoms with Crippen molar-refractivity contribution in [2.45, 2.75) is 19.4 Å². The van der Waals surface area contributed by atoms with Gasteiger partial charge in [0.05, 0.1) is 12.2 Å². The van der Waals surface area contributed by atoms with E-state index in [2.05, 4.69) is 11.1 Å². The van der Waals surface area contributed by atoms with Gasteiger partial charge in [-0.15, -0.1) is 0 Å². The first-order chi connectivity index (χ1) is 9.53. The molecule has 20 heavy (non-hydrogen) atoms. The molecule has 0 aliphatic rings. The van der Waals surface area contributed by atoms with Crippen LogP contribution in [0.4, 0.5) is 0 Å². The highest BCUT2D eigenvalue weighted by Crippen LogP contribution is 2.30. The minimum Gasteiger partial charge on any atom is -0.404 e. The van der Waals surface area contributed by atoms with E-state index < -0.39 is 6.10 Å². The highest BCUT2D eigenvalue weighted by Gasteiger charge is 2.17. The molecule has 5 heteroatoms. The SMILES string of the molecule is CN=C/C(=C\N)c1cc(Cl)ccc1C(O)CC(C)C#N. The second-order valence-corrected chi connectivity index (χ2v) is 4.96. The molecule has 0 spiro atoms. The molecule has 1 aromatic rings. The maximum Gasteiger partial charge on any atom is 0.0808 e. The molecule has 0 aliphatic heterocycles. The number of aliphatic hydroxyl groups is 1. The van der Waals surface area contributed by atoms with Crippen LogP contribution in [0.5, 0.6) is 0 Å². The zero-order chi connectivity index (χ0) is 15.1. The Hall–Kier alpha value is -1.83. The molecule has 0 saturated heterocycles. The second-order valence-electron chi connectivity index (χ2n) is 4.52. The predicted molar refractivity (Wildman–Crippen MR) is 82.4 cm³/mol. The number of benzene rings is 1. The maximum atomic E-state index is 10.3. The van der Waals surface area contributed by atoms with Crippen molar-refractivity contribution in [2.24, 2.45) is 16.6 Å². The first-order valence-corrected chi connectivity index (χ1v) is 6.62. The Balaban J connectivity index is 3.23. The Kier molecular flexibility index (Phi) is 6.23. The van der Waals surface area contributed by atoms with Crippen molar-refractivity contribution in [1.82, 2.24) is 0 Å². The molecule has 106 valence electrons. The summed E-state index contributed by atoms with van der Waals surface area (Å²) >= 11 is 6.01. The number of nitriles is 1. The molecule has 0 heterocycles. The zero-order valence-corrected chi connectivity index (χ0v) is 12.3. The Bertz CT molecular complexity index is 561. The summed E-state index contributed by atoms with van der Waals surface area (Å²) in [6, 6.07) is 7.30. The highest BCUT2D eigenvalue weighted by atomic mass is 35.5. The van der Waals surface area contributed by atoms with Crippen LogP contribution in [0.3, 0.4) is 0 Å². The van der Waals surface area contributed by atoms with Crippen LogP contribution in [0.25, 0.3) is 5.57 Å². The van der Waals surface area contributed by atoms with Crippen LogP contribution >= 0.6 is 11.6 Å². The number of hydrogen-bond acceptors (Lipinski definition) is 4. The topological polar surface area (TPSA) is 82.4 Å². The fourth-order valence-corrected chi connectivity index (χ4v) is 2.10. The van der Waals surface area contributed by atoms with Crippen molar-refractivity contribution in [1.29, 1.82) is 5.26 Å². The molecule has 1 rings (SSSR count). The maximum absolute atomic E-state index is 10.3. The number of hydrogen-bond donors (Lipinski definition) is 2. The van der Waals surface area contributed by atoms with Gasteiger partial charge in [0.25, 0.3) is 0 Å². The van der Waals surface area contributed by atoms with E-state index in [-0.39, 0.29) is 5.92 Å². The smallest absolute Gasteiger partial charge is 0.0808 e. The van der Waals surface area contributed by atoms with Crippen molar-refractivity contribution in [3.05, 3.63) is 40.5 Å². The van der Waals surface area contributed by atoms with Gasteiger partial charge in [-0.25, -0.2) is 0 Å². The van der Waals surface area contributed by atoms with E-state index >= 15 is 0 Å². The van der Waals surface area contributed by atoms with E-state index in [0.29, 0.717) is 22.6 Å². The van der Waals surface area contributed by atoms with E-state index in [4.69, 9.17) is 22.6 Å². The van der Waals surface area contributed by atoms with Gasteiger partial charge in [-0.2, -0.15) is 5.26 Å². The van der Waals surface area contributed by atoms with Gasteiger partial charge in [-0.3, -0.25) is 4.99 Å². The number of nitrogens with zero attached hydrogens (tertiary/aromatic N) is 2. The predicted octanol–water partition coefficient (Wildman–Crippen LogP) is 2.92. The lowest BCUT2D eigenvalue weighted by atomic mass is 9.92. The van der Waals surface area contributed by atoms with Gasteiger partial charge in [0.2, 0.25) is 0 Å². The normalized spacial score (nSPS) is 15.1. The van der Waals surface area contributed by atoms with E-state index in [1.54, 1.807) is 38.4 Å². The fourth-order valence-electron chi connectivity index (χ4n) is 1.93. The summed E-state index contributed by atoms with van der Waals surface area (Å²) in [5, 5.41) is 19.7. The number of aliphatic hydroxyl groups excluding tert-OH is 1. The average molecular weight is 292 g/mol. The molecule has 1 aromatic carbocycles. The molecule has 0 saturated carbocycles. The van der Waals surface area contributed by atoms with Gasteiger partial charge < -0.3 is 10.8 Å². The van der Waals surface area contributed by atoms with E-state index in [9.17, 15) is 5.11 Å². The van der Waals surface area contributed by atoms with Crippen molar-refractivity contribution < 1.29 is 5.11 Å². The minimum atomic E-state index is -0.753. The van der Waals surface area contributed by atoms with E-state index in [1.807, 2.05) is 0 Å². The summed E-state index contributed by atoms with van der Waals surface area (Å²) in [5.41, 5.74) is 7.70. The molecule has 4 nitrogen and oxygen atoms in total. The van der Waals surface area contributed by atoms with Crippen molar-refractivity contribution in [3.63, 3.8) is 0 Å². The lowest BCUT2D eigenvalue weighted by Gasteiger charge is -2.17. The molecule has 0 fully saturated rings. The van der Waals surface area contributed by atoms with Crippen LogP contribution in [0, 0.1) is 17.2 Å². The molecule has 0 aromatic heterocycles. The van der Waals surface area contributed by atoms with Crippen molar-refractivity contribution in [2.75, 3.05) is 7.05 Å².